The van der Waals surface area contributed by atoms with Gasteiger partial charge in [0.2, 0.25) is 11.8 Å². The molecule has 27 heavy (non-hydrogen) atoms. The minimum absolute atomic E-state index is 0.0873. The zero-order chi connectivity index (χ0) is 20.8. The summed E-state index contributed by atoms with van der Waals surface area (Å²) in [7, 11) is 2.91. The molecule has 0 aliphatic heterocycles. The highest BCUT2D eigenvalue weighted by Gasteiger charge is 2.28. The van der Waals surface area contributed by atoms with Crippen molar-refractivity contribution in [1.29, 1.82) is 0 Å². The van der Waals surface area contributed by atoms with Gasteiger partial charge in [0.1, 0.15) is 12.1 Å². The molecule has 154 valence electrons. The summed E-state index contributed by atoms with van der Waals surface area (Å²) in [5.41, 5.74) is 0. The van der Waals surface area contributed by atoms with E-state index in [1.165, 1.54) is 12.0 Å². The number of hydrogen-bond acceptors (Lipinski definition) is 4. The van der Waals surface area contributed by atoms with Gasteiger partial charge in [-0.15, -0.1) is 13.2 Å². The number of ether oxygens (including phenoxy) is 1. The first-order valence-electron chi connectivity index (χ1n) is 9.64. The van der Waals surface area contributed by atoms with Gasteiger partial charge in [-0.25, -0.2) is 4.79 Å². The summed E-state index contributed by atoms with van der Waals surface area (Å²) < 4.78 is 4.82. The second-order valence-electron chi connectivity index (χ2n) is 7.01. The molecule has 0 radical (unpaired) electrons. The molecule has 6 nitrogen and oxygen atoms in total. The summed E-state index contributed by atoms with van der Waals surface area (Å²) >= 11 is 0. The second-order valence-corrected chi connectivity index (χ2v) is 7.01. The Morgan fingerprint density at radius 3 is 2.30 bits per heavy atom. The van der Waals surface area contributed by atoms with Crippen LogP contribution < -0.4 is 5.32 Å². The third kappa shape index (κ3) is 9.97. The molecule has 0 aromatic rings. The van der Waals surface area contributed by atoms with Crippen LogP contribution in [0.1, 0.15) is 58.8 Å². The van der Waals surface area contributed by atoms with E-state index < -0.39 is 18.1 Å². The molecule has 1 unspecified atom stereocenters. The number of unbranched alkanes of at least 4 members (excludes halogenated alkanes) is 2. The summed E-state index contributed by atoms with van der Waals surface area (Å²) in [4.78, 5) is 38.3. The first-order chi connectivity index (χ1) is 12.8. The summed E-state index contributed by atoms with van der Waals surface area (Å²) in [5, 5.41) is 2.74. The van der Waals surface area contributed by atoms with E-state index in [4.69, 9.17) is 4.74 Å². The zero-order valence-corrected chi connectivity index (χ0v) is 17.3. The minimum Gasteiger partial charge on any atom is -0.467 e. The van der Waals surface area contributed by atoms with E-state index in [0.717, 1.165) is 32.1 Å². The fourth-order valence-electron chi connectivity index (χ4n) is 2.70. The molecule has 0 bridgehead atoms. The van der Waals surface area contributed by atoms with Crippen LogP contribution in [0.2, 0.25) is 0 Å². The Balaban J connectivity index is 4.74. The van der Waals surface area contributed by atoms with Crippen LogP contribution in [-0.2, 0) is 19.1 Å². The standard InChI is InChI=1S/C21H36N2O4/c1-7-9-11-12-14-19(24)23(5)17(4)20(25)22-18(21(26)27-6)15-16(3)13-10-8-2/h7-8,16-18H,1-2,9-15H2,3-6H3,(H,22,25)/t16?,17-,18+/m0/s1. The maximum absolute atomic E-state index is 12.5. The van der Waals surface area contributed by atoms with E-state index in [0.29, 0.717) is 12.8 Å². The third-order valence-electron chi connectivity index (χ3n) is 4.71. The molecule has 3 atom stereocenters. The Morgan fingerprint density at radius 1 is 1.11 bits per heavy atom. The highest BCUT2D eigenvalue weighted by molar-refractivity contribution is 5.90. The molecule has 0 aromatic heterocycles. The number of carbonyl (C=O) groups is 3. The van der Waals surface area contributed by atoms with Crippen LogP contribution >= 0.6 is 0 Å². The van der Waals surface area contributed by atoms with Gasteiger partial charge in [-0.05, 0) is 51.4 Å². The molecule has 0 fully saturated rings. The van der Waals surface area contributed by atoms with Crippen molar-refractivity contribution in [2.45, 2.75) is 70.9 Å². The van der Waals surface area contributed by atoms with Gasteiger partial charge in [0.25, 0.3) is 0 Å². The Labute approximate surface area is 164 Å². The van der Waals surface area contributed by atoms with Crippen LogP contribution in [0, 0.1) is 5.92 Å². The third-order valence-corrected chi connectivity index (χ3v) is 4.71. The monoisotopic (exact) mass is 380 g/mol. The number of rotatable bonds is 14. The normalized spacial score (nSPS) is 13.8. The van der Waals surface area contributed by atoms with Crippen LogP contribution in [0.3, 0.4) is 0 Å². The first-order valence-corrected chi connectivity index (χ1v) is 9.64. The second kappa shape index (κ2) is 14.0. The summed E-state index contributed by atoms with van der Waals surface area (Å²) in [6, 6.07) is -1.38. The molecule has 2 amide bonds. The fourth-order valence-corrected chi connectivity index (χ4v) is 2.70. The number of esters is 1. The number of nitrogens with zero attached hydrogens (tertiary/aromatic N) is 1. The van der Waals surface area contributed by atoms with Crippen LogP contribution in [0.15, 0.2) is 25.3 Å². The number of likely N-dealkylation sites (N-methyl/N-ethyl adjacent to an activating group) is 1. The van der Waals surface area contributed by atoms with Crippen LogP contribution in [-0.4, -0.2) is 48.9 Å². The molecule has 0 aliphatic carbocycles. The van der Waals surface area contributed by atoms with Gasteiger partial charge in [0.15, 0.2) is 0 Å². The highest BCUT2D eigenvalue weighted by Crippen LogP contribution is 2.15. The van der Waals surface area contributed by atoms with E-state index in [2.05, 4.69) is 18.5 Å². The average Bonchev–Trinajstić information content (AvgIpc) is 2.66. The molecule has 0 spiro atoms. The van der Waals surface area contributed by atoms with Crippen molar-refractivity contribution >= 4 is 17.8 Å². The van der Waals surface area contributed by atoms with Crippen molar-refractivity contribution in [3.63, 3.8) is 0 Å². The van der Waals surface area contributed by atoms with Crippen molar-refractivity contribution in [1.82, 2.24) is 10.2 Å². The number of allylic oxidation sites excluding steroid dienone is 2. The summed E-state index contributed by atoms with van der Waals surface area (Å²) in [6.07, 6.45) is 8.80. The molecular formula is C21H36N2O4. The molecule has 6 heteroatoms. The average molecular weight is 381 g/mol. The largest absolute Gasteiger partial charge is 0.467 e. The molecule has 0 saturated carbocycles. The molecule has 0 saturated heterocycles. The Bertz CT molecular complexity index is 504. The van der Waals surface area contributed by atoms with E-state index in [-0.39, 0.29) is 17.7 Å². The fraction of sp³-hybridized carbons (Fsp3) is 0.667. The van der Waals surface area contributed by atoms with Crippen LogP contribution in [0.4, 0.5) is 0 Å². The summed E-state index contributed by atoms with van der Waals surface area (Å²) in [6.45, 7) is 11.0. The summed E-state index contributed by atoms with van der Waals surface area (Å²) in [5.74, 6) is -0.690. The van der Waals surface area contributed by atoms with E-state index in [1.807, 2.05) is 19.1 Å². The zero-order valence-electron chi connectivity index (χ0n) is 17.3. The lowest BCUT2D eigenvalue weighted by Gasteiger charge is -2.27. The smallest absolute Gasteiger partial charge is 0.328 e. The van der Waals surface area contributed by atoms with Crippen molar-refractivity contribution in [3.05, 3.63) is 25.3 Å². The lowest BCUT2D eigenvalue weighted by atomic mass is 9.96. The molecule has 0 aliphatic rings. The molecule has 0 rings (SSSR count). The number of nitrogens with one attached hydrogen (secondary N) is 1. The van der Waals surface area contributed by atoms with Gasteiger partial charge in [-0.2, -0.15) is 0 Å². The topological polar surface area (TPSA) is 75.7 Å². The maximum Gasteiger partial charge on any atom is 0.328 e. The predicted octanol–water partition coefficient (Wildman–Crippen LogP) is 3.23. The van der Waals surface area contributed by atoms with Crippen molar-refractivity contribution in [2.24, 2.45) is 5.92 Å². The molecule has 0 aromatic carbocycles. The van der Waals surface area contributed by atoms with Crippen molar-refractivity contribution < 1.29 is 19.1 Å². The Hall–Kier alpha value is -2.11. The number of carbonyl (C=O) groups excluding carboxylic acids is 3. The molecular weight excluding hydrogens is 344 g/mol. The van der Waals surface area contributed by atoms with Crippen molar-refractivity contribution in [2.75, 3.05) is 14.2 Å². The predicted molar refractivity (Wildman–Crippen MR) is 108 cm³/mol. The van der Waals surface area contributed by atoms with Crippen molar-refractivity contribution in [3.8, 4) is 0 Å². The van der Waals surface area contributed by atoms with E-state index >= 15 is 0 Å². The van der Waals surface area contributed by atoms with Crippen LogP contribution in [0.25, 0.3) is 0 Å². The SMILES string of the molecule is C=CCCCCC(=O)N(C)[C@@H](C)C(=O)N[C@H](CC(C)CCC=C)C(=O)OC. The van der Waals surface area contributed by atoms with Gasteiger partial charge in [-0.1, -0.05) is 19.1 Å². The lowest BCUT2D eigenvalue weighted by Crippen LogP contribution is -2.51. The van der Waals surface area contributed by atoms with Gasteiger partial charge in [0, 0.05) is 13.5 Å². The van der Waals surface area contributed by atoms with Gasteiger partial charge in [0.05, 0.1) is 7.11 Å². The minimum atomic E-state index is -0.721. The number of hydrogen-bond donors (Lipinski definition) is 1. The number of methoxy groups -OCH3 is 1. The molecule has 1 N–H and O–H groups in total. The lowest BCUT2D eigenvalue weighted by molar-refractivity contribution is -0.146. The highest BCUT2D eigenvalue weighted by atomic mass is 16.5. The Kier molecular flexibility index (Phi) is 12.9. The van der Waals surface area contributed by atoms with Crippen LogP contribution in [0.5, 0.6) is 0 Å². The maximum atomic E-state index is 12.5. The quantitative estimate of drug-likeness (QED) is 0.285. The first kappa shape index (κ1) is 24.9. The molecule has 0 heterocycles. The van der Waals surface area contributed by atoms with Gasteiger partial charge >= 0.3 is 5.97 Å². The van der Waals surface area contributed by atoms with Gasteiger partial charge in [-0.3, -0.25) is 9.59 Å². The number of amides is 2. The Morgan fingerprint density at radius 2 is 1.74 bits per heavy atom. The van der Waals surface area contributed by atoms with E-state index in [1.54, 1.807) is 14.0 Å². The van der Waals surface area contributed by atoms with E-state index in [9.17, 15) is 14.4 Å². The van der Waals surface area contributed by atoms with Gasteiger partial charge < -0.3 is 15.0 Å².